The van der Waals surface area contributed by atoms with Gasteiger partial charge in [0.05, 0.1) is 6.10 Å². The maximum atomic E-state index is 5.64. The Morgan fingerprint density at radius 1 is 1.38 bits per heavy atom. The quantitative estimate of drug-likeness (QED) is 0.760. The highest BCUT2D eigenvalue weighted by Gasteiger charge is 2.14. The number of nitrogens with zero attached hydrogens (tertiary/aromatic N) is 1. The van der Waals surface area contributed by atoms with E-state index in [4.69, 9.17) is 4.74 Å². The SMILES string of the molecule is Cc1cn(CCCC2CCCO2)c(C)c1C. The van der Waals surface area contributed by atoms with Gasteiger partial charge < -0.3 is 9.30 Å². The first kappa shape index (κ1) is 11.7. The van der Waals surface area contributed by atoms with Gasteiger partial charge in [0.1, 0.15) is 0 Å². The van der Waals surface area contributed by atoms with E-state index in [9.17, 15) is 0 Å². The fraction of sp³-hybridized carbons (Fsp3) is 0.714. The van der Waals surface area contributed by atoms with Crippen LogP contribution in [0.2, 0.25) is 0 Å². The third-order valence-corrected chi connectivity index (χ3v) is 3.86. The molecule has 1 fully saturated rings. The van der Waals surface area contributed by atoms with E-state index in [0.717, 1.165) is 13.2 Å². The van der Waals surface area contributed by atoms with Crippen molar-refractivity contribution in [3.8, 4) is 0 Å². The van der Waals surface area contributed by atoms with Crippen molar-refractivity contribution in [2.24, 2.45) is 0 Å². The molecule has 1 unspecified atom stereocenters. The summed E-state index contributed by atoms with van der Waals surface area (Å²) in [5.41, 5.74) is 4.27. The van der Waals surface area contributed by atoms with Crippen LogP contribution in [0.1, 0.15) is 42.5 Å². The standard InChI is InChI=1S/C14H23NO/c1-11-10-15(13(3)12(11)2)8-4-6-14-7-5-9-16-14/h10,14H,4-9H2,1-3H3. The summed E-state index contributed by atoms with van der Waals surface area (Å²) in [6.07, 6.45) is 7.79. The van der Waals surface area contributed by atoms with Gasteiger partial charge in [0.15, 0.2) is 0 Å². The van der Waals surface area contributed by atoms with Crippen molar-refractivity contribution >= 4 is 0 Å². The molecule has 2 heteroatoms. The predicted octanol–water partition coefficient (Wildman–Crippen LogP) is 3.37. The van der Waals surface area contributed by atoms with Gasteiger partial charge in [-0.2, -0.15) is 0 Å². The lowest BCUT2D eigenvalue weighted by Crippen LogP contribution is -2.07. The first-order valence-electron chi connectivity index (χ1n) is 6.43. The zero-order valence-corrected chi connectivity index (χ0v) is 10.8. The summed E-state index contributed by atoms with van der Waals surface area (Å²) in [5.74, 6) is 0. The lowest BCUT2D eigenvalue weighted by molar-refractivity contribution is 0.101. The summed E-state index contributed by atoms with van der Waals surface area (Å²) in [5, 5.41) is 0. The molecule has 0 aromatic carbocycles. The molecule has 90 valence electrons. The molecule has 0 aliphatic carbocycles. The minimum Gasteiger partial charge on any atom is -0.378 e. The van der Waals surface area contributed by atoms with Crippen LogP contribution >= 0.6 is 0 Å². The number of aromatic nitrogens is 1. The van der Waals surface area contributed by atoms with Crippen molar-refractivity contribution in [1.29, 1.82) is 0 Å². The van der Waals surface area contributed by atoms with E-state index in [2.05, 4.69) is 31.5 Å². The molecular weight excluding hydrogens is 198 g/mol. The second-order valence-corrected chi connectivity index (χ2v) is 4.99. The highest BCUT2D eigenvalue weighted by Crippen LogP contribution is 2.19. The van der Waals surface area contributed by atoms with Crippen molar-refractivity contribution in [3.05, 3.63) is 23.0 Å². The molecule has 0 amide bonds. The van der Waals surface area contributed by atoms with Crippen LogP contribution in [-0.2, 0) is 11.3 Å². The second kappa shape index (κ2) is 5.05. The van der Waals surface area contributed by atoms with E-state index in [1.807, 2.05) is 0 Å². The zero-order chi connectivity index (χ0) is 11.5. The van der Waals surface area contributed by atoms with Gasteiger partial charge in [-0.25, -0.2) is 0 Å². The number of ether oxygens (including phenoxy) is 1. The Kier molecular flexibility index (Phi) is 3.70. The number of rotatable bonds is 4. The van der Waals surface area contributed by atoms with Crippen LogP contribution < -0.4 is 0 Å². The Bertz CT molecular complexity index is 348. The Morgan fingerprint density at radius 2 is 2.19 bits per heavy atom. The molecule has 1 aliphatic rings. The van der Waals surface area contributed by atoms with Crippen LogP contribution in [0.25, 0.3) is 0 Å². The summed E-state index contributed by atoms with van der Waals surface area (Å²) in [7, 11) is 0. The van der Waals surface area contributed by atoms with E-state index in [-0.39, 0.29) is 0 Å². The highest BCUT2D eigenvalue weighted by atomic mass is 16.5. The fourth-order valence-corrected chi connectivity index (χ4v) is 2.52. The fourth-order valence-electron chi connectivity index (χ4n) is 2.52. The lowest BCUT2D eigenvalue weighted by atomic mass is 10.1. The molecular formula is C14H23NO. The first-order chi connectivity index (χ1) is 7.68. The summed E-state index contributed by atoms with van der Waals surface area (Å²) in [4.78, 5) is 0. The molecule has 1 atom stereocenters. The summed E-state index contributed by atoms with van der Waals surface area (Å²) < 4.78 is 8.03. The third kappa shape index (κ3) is 2.49. The molecule has 0 N–H and O–H groups in total. The van der Waals surface area contributed by atoms with E-state index in [0.29, 0.717) is 6.10 Å². The number of hydrogen-bond acceptors (Lipinski definition) is 1. The molecule has 0 radical (unpaired) electrons. The molecule has 1 saturated heterocycles. The van der Waals surface area contributed by atoms with Crippen LogP contribution in [0, 0.1) is 20.8 Å². The minimum absolute atomic E-state index is 0.540. The largest absolute Gasteiger partial charge is 0.378 e. The summed E-state index contributed by atoms with van der Waals surface area (Å²) in [6.45, 7) is 8.74. The van der Waals surface area contributed by atoms with Crippen molar-refractivity contribution in [2.75, 3.05) is 6.61 Å². The predicted molar refractivity (Wildman–Crippen MR) is 66.9 cm³/mol. The van der Waals surface area contributed by atoms with Crippen LogP contribution in [-0.4, -0.2) is 17.3 Å². The monoisotopic (exact) mass is 221 g/mol. The van der Waals surface area contributed by atoms with Gasteiger partial charge in [-0.1, -0.05) is 0 Å². The van der Waals surface area contributed by atoms with Gasteiger partial charge in [-0.05, 0) is 57.6 Å². The maximum absolute atomic E-state index is 5.64. The minimum atomic E-state index is 0.540. The summed E-state index contributed by atoms with van der Waals surface area (Å²) >= 11 is 0. The van der Waals surface area contributed by atoms with Gasteiger partial charge in [0, 0.05) is 25.0 Å². The third-order valence-electron chi connectivity index (χ3n) is 3.86. The molecule has 2 heterocycles. The van der Waals surface area contributed by atoms with Crippen molar-refractivity contribution in [3.63, 3.8) is 0 Å². The van der Waals surface area contributed by atoms with Crippen LogP contribution in [0.3, 0.4) is 0 Å². The van der Waals surface area contributed by atoms with E-state index in [1.54, 1.807) is 0 Å². The molecule has 1 aromatic rings. The first-order valence-corrected chi connectivity index (χ1v) is 6.43. The smallest absolute Gasteiger partial charge is 0.0576 e. The van der Waals surface area contributed by atoms with Crippen LogP contribution in [0.4, 0.5) is 0 Å². The van der Waals surface area contributed by atoms with E-state index in [1.165, 1.54) is 42.5 Å². The van der Waals surface area contributed by atoms with E-state index >= 15 is 0 Å². The van der Waals surface area contributed by atoms with Crippen molar-refractivity contribution < 1.29 is 4.74 Å². The average Bonchev–Trinajstić information content (AvgIpc) is 2.85. The van der Waals surface area contributed by atoms with Gasteiger partial charge >= 0.3 is 0 Å². The second-order valence-electron chi connectivity index (χ2n) is 4.99. The van der Waals surface area contributed by atoms with Gasteiger partial charge in [-0.15, -0.1) is 0 Å². The number of aryl methyl sites for hydroxylation is 2. The molecule has 1 aromatic heterocycles. The maximum Gasteiger partial charge on any atom is 0.0576 e. The number of hydrogen-bond donors (Lipinski definition) is 0. The van der Waals surface area contributed by atoms with E-state index < -0.39 is 0 Å². The highest BCUT2D eigenvalue weighted by molar-refractivity contribution is 5.28. The zero-order valence-electron chi connectivity index (χ0n) is 10.8. The Morgan fingerprint density at radius 3 is 2.75 bits per heavy atom. The average molecular weight is 221 g/mol. The molecule has 16 heavy (non-hydrogen) atoms. The van der Waals surface area contributed by atoms with Crippen molar-refractivity contribution in [2.45, 2.75) is 59.1 Å². The van der Waals surface area contributed by atoms with Gasteiger partial charge in [-0.3, -0.25) is 0 Å². The van der Waals surface area contributed by atoms with Crippen LogP contribution in [0.5, 0.6) is 0 Å². The Hall–Kier alpha value is -0.760. The Balaban J connectivity index is 1.82. The van der Waals surface area contributed by atoms with Gasteiger partial charge in [0.25, 0.3) is 0 Å². The molecule has 0 bridgehead atoms. The Labute approximate surface area is 98.6 Å². The van der Waals surface area contributed by atoms with Gasteiger partial charge in [0.2, 0.25) is 0 Å². The molecule has 0 spiro atoms. The summed E-state index contributed by atoms with van der Waals surface area (Å²) in [6, 6.07) is 0. The molecule has 2 nitrogen and oxygen atoms in total. The molecule has 1 aliphatic heterocycles. The normalized spacial score (nSPS) is 20.6. The van der Waals surface area contributed by atoms with Crippen molar-refractivity contribution in [1.82, 2.24) is 4.57 Å². The van der Waals surface area contributed by atoms with Crippen LogP contribution in [0.15, 0.2) is 6.20 Å². The topological polar surface area (TPSA) is 14.2 Å². The lowest BCUT2D eigenvalue weighted by Gasteiger charge is -2.10. The molecule has 2 rings (SSSR count). The molecule has 0 saturated carbocycles.